The monoisotopic (exact) mass is 281 g/mol. The van der Waals surface area contributed by atoms with Crippen molar-refractivity contribution >= 4 is 11.6 Å². The molecular formula is C16H15N3O2. The highest BCUT2D eigenvalue weighted by molar-refractivity contribution is 5.88. The number of pyridine rings is 1. The summed E-state index contributed by atoms with van der Waals surface area (Å²) >= 11 is 0. The highest BCUT2D eigenvalue weighted by Gasteiger charge is 2.15. The molecule has 0 N–H and O–H groups in total. The molecule has 0 spiro atoms. The van der Waals surface area contributed by atoms with E-state index in [4.69, 9.17) is 4.74 Å². The molecule has 106 valence electrons. The normalized spacial score (nSPS) is 10.8. The summed E-state index contributed by atoms with van der Waals surface area (Å²) < 4.78 is 6.58. The molecule has 0 unspecified atom stereocenters. The molecule has 3 aromatic rings. The van der Waals surface area contributed by atoms with Crippen LogP contribution in [0, 0.1) is 6.92 Å². The number of aryl methyl sites for hydroxylation is 1. The number of fused-ring (bicyclic) bond motifs is 1. The quantitative estimate of drug-likeness (QED) is 0.692. The lowest BCUT2D eigenvalue weighted by Crippen LogP contribution is -2.10. The molecule has 0 saturated carbocycles. The molecule has 0 amide bonds. The standard InChI is InChI=1S/C16H15N3O2/c1-11-6-3-4-7-12(11)10-15-18-17-14-9-5-8-13(19(14)15)16(20)21-2/h3-9H,10H2,1-2H3. The zero-order chi connectivity index (χ0) is 14.8. The zero-order valence-corrected chi connectivity index (χ0v) is 11.9. The molecule has 0 saturated heterocycles. The van der Waals surface area contributed by atoms with Crippen LogP contribution in [0.5, 0.6) is 0 Å². The van der Waals surface area contributed by atoms with Gasteiger partial charge in [-0.05, 0) is 30.2 Å². The Morgan fingerprint density at radius 3 is 2.71 bits per heavy atom. The van der Waals surface area contributed by atoms with Crippen LogP contribution in [0.1, 0.15) is 27.4 Å². The molecule has 3 rings (SSSR count). The summed E-state index contributed by atoms with van der Waals surface area (Å²) in [5.74, 6) is 0.326. The van der Waals surface area contributed by atoms with Crippen LogP contribution in [-0.2, 0) is 11.2 Å². The molecule has 5 nitrogen and oxygen atoms in total. The number of rotatable bonds is 3. The number of carbonyl (C=O) groups is 1. The topological polar surface area (TPSA) is 56.5 Å². The number of nitrogens with zero attached hydrogens (tertiary/aromatic N) is 3. The maximum absolute atomic E-state index is 11.9. The van der Waals surface area contributed by atoms with Crippen LogP contribution in [0.3, 0.4) is 0 Å². The van der Waals surface area contributed by atoms with Crippen molar-refractivity contribution in [2.75, 3.05) is 7.11 Å². The first-order valence-corrected chi connectivity index (χ1v) is 6.66. The van der Waals surface area contributed by atoms with Crippen molar-refractivity contribution in [2.45, 2.75) is 13.3 Å². The second kappa shape index (κ2) is 5.36. The van der Waals surface area contributed by atoms with E-state index in [2.05, 4.69) is 29.3 Å². The SMILES string of the molecule is COC(=O)c1cccc2nnc(Cc3ccccc3C)n12. The van der Waals surface area contributed by atoms with Crippen LogP contribution in [0.25, 0.3) is 5.65 Å². The van der Waals surface area contributed by atoms with E-state index in [-0.39, 0.29) is 0 Å². The lowest BCUT2D eigenvalue weighted by Gasteiger charge is -2.07. The van der Waals surface area contributed by atoms with Crippen LogP contribution >= 0.6 is 0 Å². The van der Waals surface area contributed by atoms with E-state index in [0.29, 0.717) is 17.8 Å². The van der Waals surface area contributed by atoms with Crippen LogP contribution in [0.15, 0.2) is 42.5 Å². The van der Waals surface area contributed by atoms with Gasteiger partial charge in [0, 0.05) is 6.42 Å². The Balaban J connectivity index is 2.11. The molecule has 5 heteroatoms. The van der Waals surface area contributed by atoms with Crippen molar-refractivity contribution in [2.24, 2.45) is 0 Å². The van der Waals surface area contributed by atoms with Crippen LogP contribution in [-0.4, -0.2) is 27.7 Å². The summed E-state index contributed by atoms with van der Waals surface area (Å²) in [5, 5.41) is 8.34. The molecule has 0 aliphatic carbocycles. The van der Waals surface area contributed by atoms with Crippen molar-refractivity contribution in [1.82, 2.24) is 14.6 Å². The molecular weight excluding hydrogens is 266 g/mol. The van der Waals surface area contributed by atoms with E-state index in [9.17, 15) is 4.79 Å². The summed E-state index contributed by atoms with van der Waals surface area (Å²) in [7, 11) is 1.37. The van der Waals surface area contributed by atoms with E-state index in [1.807, 2.05) is 18.2 Å². The third kappa shape index (κ3) is 2.38. The molecule has 0 aliphatic heterocycles. The van der Waals surface area contributed by atoms with E-state index in [1.54, 1.807) is 16.5 Å². The number of aromatic nitrogens is 3. The van der Waals surface area contributed by atoms with Crippen molar-refractivity contribution in [3.05, 3.63) is 65.1 Å². The van der Waals surface area contributed by atoms with Gasteiger partial charge in [-0.2, -0.15) is 0 Å². The van der Waals surface area contributed by atoms with Crippen molar-refractivity contribution in [1.29, 1.82) is 0 Å². The number of ether oxygens (including phenoxy) is 1. The molecule has 0 radical (unpaired) electrons. The van der Waals surface area contributed by atoms with E-state index < -0.39 is 5.97 Å². The molecule has 0 atom stereocenters. The van der Waals surface area contributed by atoms with Gasteiger partial charge < -0.3 is 4.74 Å². The van der Waals surface area contributed by atoms with Gasteiger partial charge in [-0.15, -0.1) is 10.2 Å². The smallest absolute Gasteiger partial charge is 0.355 e. The zero-order valence-electron chi connectivity index (χ0n) is 11.9. The maximum Gasteiger partial charge on any atom is 0.355 e. The second-order valence-electron chi connectivity index (χ2n) is 4.82. The lowest BCUT2D eigenvalue weighted by molar-refractivity contribution is 0.0592. The Morgan fingerprint density at radius 1 is 1.14 bits per heavy atom. The van der Waals surface area contributed by atoms with Crippen molar-refractivity contribution < 1.29 is 9.53 Å². The predicted octanol–water partition coefficient (Wildman–Crippen LogP) is 2.42. The highest BCUT2D eigenvalue weighted by Crippen LogP contribution is 2.15. The fraction of sp³-hybridized carbons (Fsp3) is 0.188. The van der Waals surface area contributed by atoms with Gasteiger partial charge in [0.25, 0.3) is 0 Å². The van der Waals surface area contributed by atoms with E-state index in [1.165, 1.54) is 12.7 Å². The van der Waals surface area contributed by atoms with Crippen LogP contribution < -0.4 is 0 Å². The number of benzene rings is 1. The first-order valence-electron chi connectivity index (χ1n) is 6.66. The summed E-state index contributed by atoms with van der Waals surface area (Å²) in [5.41, 5.74) is 3.42. The Bertz CT molecular complexity index is 808. The number of esters is 1. The van der Waals surface area contributed by atoms with Gasteiger partial charge in [-0.1, -0.05) is 30.3 Å². The average Bonchev–Trinajstić information content (AvgIpc) is 2.92. The van der Waals surface area contributed by atoms with Gasteiger partial charge in [0.15, 0.2) is 5.65 Å². The van der Waals surface area contributed by atoms with Crippen molar-refractivity contribution in [3.8, 4) is 0 Å². The van der Waals surface area contributed by atoms with E-state index in [0.717, 1.165) is 11.4 Å². The summed E-state index contributed by atoms with van der Waals surface area (Å²) in [6, 6.07) is 13.4. The third-order valence-electron chi connectivity index (χ3n) is 3.50. The molecule has 0 bridgehead atoms. The minimum Gasteiger partial charge on any atom is -0.464 e. The van der Waals surface area contributed by atoms with Gasteiger partial charge in [0.1, 0.15) is 11.5 Å². The first kappa shape index (κ1) is 13.3. The summed E-state index contributed by atoms with van der Waals surface area (Å²) in [4.78, 5) is 11.9. The largest absolute Gasteiger partial charge is 0.464 e. The van der Waals surface area contributed by atoms with E-state index >= 15 is 0 Å². The van der Waals surface area contributed by atoms with Gasteiger partial charge in [-0.25, -0.2) is 4.79 Å². The third-order valence-corrected chi connectivity index (χ3v) is 3.50. The highest BCUT2D eigenvalue weighted by atomic mass is 16.5. The maximum atomic E-state index is 11.9. The number of methoxy groups -OCH3 is 1. The number of hydrogen-bond acceptors (Lipinski definition) is 4. The molecule has 2 aromatic heterocycles. The lowest BCUT2D eigenvalue weighted by atomic mass is 10.1. The Labute approximate surface area is 122 Å². The predicted molar refractivity (Wildman–Crippen MR) is 78.3 cm³/mol. The fourth-order valence-electron chi connectivity index (χ4n) is 2.36. The number of carbonyl (C=O) groups excluding carboxylic acids is 1. The van der Waals surface area contributed by atoms with Gasteiger partial charge in [0.2, 0.25) is 0 Å². The van der Waals surface area contributed by atoms with Crippen LogP contribution in [0.4, 0.5) is 0 Å². The molecule has 0 fully saturated rings. The second-order valence-corrected chi connectivity index (χ2v) is 4.82. The van der Waals surface area contributed by atoms with Gasteiger partial charge in [-0.3, -0.25) is 4.40 Å². The minimum atomic E-state index is -0.397. The van der Waals surface area contributed by atoms with Gasteiger partial charge >= 0.3 is 5.97 Å². The van der Waals surface area contributed by atoms with Crippen LogP contribution in [0.2, 0.25) is 0 Å². The fourth-order valence-corrected chi connectivity index (χ4v) is 2.36. The Morgan fingerprint density at radius 2 is 1.95 bits per heavy atom. The van der Waals surface area contributed by atoms with Gasteiger partial charge in [0.05, 0.1) is 7.11 Å². The first-order chi connectivity index (χ1) is 10.2. The molecule has 0 aliphatic rings. The molecule has 2 heterocycles. The molecule has 21 heavy (non-hydrogen) atoms. The molecule has 1 aromatic carbocycles. The Hall–Kier alpha value is -2.69. The van der Waals surface area contributed by atoms with Crippen molar-refractivity contribution in [3.63, 3.8) is 0 Å². The Kier molecular flexibility index (Phi) is 3.39. The minimum absolute atomic E-state index is 0.397. The summed E-state index contributed by atoms with van der Waals surface area (Å²) in [6.07, 6.45) is 0.613. The average molecular weight is 281 g/mol. The summed E-state index contributed by atoms with van der Waals surface area (Å²) in [6.45, 7) is 2.06. The number of hydrogen-bond donors (Lipinski definition) is 0.